The van der Waals surface area contributed by atoms with Gasteiger partial charge < -0.3 is 19.4 Å². The monoisotopic (exact) mass is 474 g/mol. The highest BCUT2D eigenvalue weighted by Crippen LogP contribution is 2.34. The summed E-state index contributed by atoms with van der Waals surface area (Å²) < 4.78 is 12.6. The molecule has 2 heterocycles. The number of aryl methyl sites for hydroxylation is 1. The summed E-state index contributed by atoms with van der Waals surface area (Å²) in [5, 5.41) is 12.4. The molecule has 0 aliphatic heterocycles. The number of nitrogens with one attached hydrogen (secondary N) is 1. The molecule has 0 radical (unpaired) electrons. The predicted molar refractivity (Wildman–Crippen MR) is 126 cm³/mol. The molecule has 32 heavy (non-hydrogen) atoms. The summed E-state index contributed by atoms with van der Waals surface area (Å²) in [6.45, 7) is 5.80. The average Bonchev–Trinajstić information content (AvgIpc) is 3.30. The molecule has 0 bridgehead atoms. The Morgan fingerprint density at radius 1 is 1.25 bits per heavy atom. The number of benzene rings is 1. The van der Waals surface area contributed by atoms with Crippen LogP contribution in [0.15, 0.2) is 35.5 Å². The molecular weight excluding hydrogens is 448 g/mol. The third-order valence-corrected chi connectivity index (χ3v) is 6.91. The van der Waals surface area contributed by atoms with Crippen LogP contribution in [0, 0.1) is 6.92 Å². The number of aromatic nitrogens is 3. The van der Waals surface area contributed by atoms with Crippen molar-refractivity contribution in [2.75, 3.05) is 18.2 Å². The Bertz CT molecular complexity index is 1100. The molecule has 0 saturated heterocycles. The second-order valence-electron chi connectivity index (χ2n) is 7.00. The molecular formula is C22H26N4O4S2. The Labute approximate surface area is 195 Å². The van der Waals surface area contributed by atoms with Gasteiger partial charge in [-0.3, -0.25) is 4.79 Å². The van der Waals surface area contributed by atoms with Crippen LogP contribution in [0.1, 0.15) is 46.6 Å². The number of methoxy groups -OCH3 is 1. The van der Waals surface area contributed by atoms with Crippen molar-refractivity contribution in [1.82, 2.24) is 14.8 Å². The molecule has 1 N–H and O–H groups in total. The lowest BCUT2D eigenvalue weighted by Crippen LogP contribution is -2.16. The highest BCUT2D eigenvalue weighted by Gasteiger charge is 2.23. The number of thioether (sulfide) groups is 1. The molecule has 0 aliphatic carbocycles. The largest absolute Gasteiger partial charge is 0.483 e. The average molecular weight is 475 g/mol. The van der Waals surface area contributed by atoms with E-state index in [2.05, 4.69) is 15.5 Å². The highest BCUT2D eigenvalue weighted by atomic mass is 32.2. The van der Waals surface area contributed by atoms with Gasteiger partial charge in [0.1, 0.15) is 10.8 Å². The molecule has 0 saturated carbocycles. The summed E-state index contributed by atoms with van der Waals surface area (Å²) >= 11 is 2.65. The van der Waals surface area contributed by atoms with Crippen molar-refractivity contribution >= 4 is 40.0 Å². The maximum Gasteiger partial charge on any atom is 0.341 e. The van der Waals surface area contributed by atoms with Gasteiger partial charge >= 0.3 is 5.97 Å². The number of carbonyl (C=O) groups is 2. The molecule has 0 spiro atoms. The number of amides is 1. The fourth-order valence-electron chi connectivity index (χ4n) is 3.27. The van der Waals surface area contributed by atoms with Gasteiger partial charge in [-0.25, -0.2) is 4.79 Å². The molecule has 10 heteroatoms. The molecule has 0 fully saturated rings. The number of thiophene rings is 1. The Balaban J connectivity index is 1.64. The number of ether oxygens (including phenoxy) is 2. The maximum atomic E-state index is 12.6. The van der Waals surface area contributed by atoms with Gasteiger partial charge in [-0.05, 0) is 38.0 Å². The van der Waals surface area contributed by atoms with Crippen LogP contribution in [0.3, 0.4) is 0 Å². The van der Waals surface area contributed by atoms with E-state index in [4.69, 9.17) is 9.47 Å². The minimum absolute atomic E-state index is 0.124. The van der Waals surface area contributed by atoms with E-state index in [-0.39, 0.29) is 17.8 Å². The van der Waals surface area contributed by atoms with E-state index in [1.165, 1.54) is 30.2 Å². The van der Waals surface area contributed by atoms with Crippen molar-refractivity contribution in [3.8, 4) is 5.75 Å². The Morgan fingerprint density at radius 3 is 2.62 bits per heavy atom. The highest BCUT2D eigenvalue weighted by molar-refractivity contribution is 7.99. The lowest BCUT2D eigenvalue weighted by atomic mass is 10.1. The fraction of sp³-hybridized carbons (Fsp3) is 0.364. The second kappa shape index (κ2) is 10.6. The van der Waals surface area contributed by atoms with Gasteiger partial charge in [-0.2, -0.15) is 0 Å². The molecule has 3 aromatic rings. The summed E-state index contributed by atoms with van der Waals surface area (Å²) in [7, 11) is 3.18. The Morgan fingerprint density at radius 2 is 1.97 bits per heavy atom. The third-order valence-electron chi connectivity index (χ3n) is 4.83. The van der Waals surface area contributed by atoms with Gasteiger partial charge in [-0.15, -0.1) is 21.5 Å². The first-order chi connectivity index (χ1) is 15.3. The zero-order chi connectivity index (χ0) is 23.3. The van der Waals surface area contributed by atoms with E-state index in [1.807, 2.05) is 62.7 Å². The van der Waals surface area contributed by atoms with E-state index in [1.54, 1.807) is 0 Å². The molecule has 3 rings (SSSR count). The maximum absolute atomic E-state index is 12.6. The van der Waals surface area contributed by atoms with Crippen LogP contribution in [-0.2, 0) is 23.0 Å². The van der Waals surface area contributed by atoms with Crippen LogP contribution in [0.25, 0.3) is 0 Å². The van der Waals surface area contributed by atoms with Crippen molar-refractivity contribution < 1.29 is 19.1 Å². The number of para-hydroxylation sites is 1. The molecule has 1 unspecified atom stereocenters. The summed E-state index contributed by atoms with van der Waals surface area (Å²) in [5.74, 6) is 0.849. The topological polar surface area (TPSA) is 95.3 Å². The minimum atomic E-state index is -0.445. The first-order valence-electron chi connectivity index (χ1n) is 10.1. The Kier molecular flexibility index (Phi) is 7.92. The lowest BCUT2D eigenvalue weighted by Gasteiger charge is -2.14. The minimum Gasteiger partial charge on any atom is -0.483 e. The summed E-state index contributed by atoms with van der Waals surface area (Å²) in [4.78, 5) is 25.8. The van der Waals surface area contributed by atoms with Crippen LogP contribution in [-0.4, -0.2) is 39.5 Å². The number of anilines is 1. The van der Waals surface area contributed by atoms with Crippen molar-refractivity contribution in [1.29, 1.82) is 0 Å². The van der Waals surface area contributed by atoms with E-state index in [0.29, 0.717) is 28.0 Å². The molecule has 2 aromatic heterocycles. The number of carbonyl (C=O) groups excluding carboxylic acids is 2. The summed E-state index contributed by atoms with van der Waals surface area (Å²) in [6.07, 6.45) is 0.379. The van der Waals surface area contributed by atoms with E-state index < -0.39 is 5.97 Å². The van der Waals surface area contributed by atoms with Crippen LogP contribution >= 0.6 is 23.1 Å². The quantitative estimate of drug-likeness (QED) is 0.363. The lowest BCUT2D eigenvalue weighted by molar-refractivity contribution is -0.113. The zero-order valence-electron chi connectivity index (χ0n) is 18.7. The molecule has 170 valence electrons. The summed E-state index contributed by atoms with van der Waals surface area (Å²) in [6, 6.07) is 9.50. The number of rotatable bonds is 9. The Hall–Kier alpha value is -2.85. The van der Waals surface area contributed by atoms with Gasteiger partial charge in [0.15, 0.2) is 17.1 Å². The summed E-state index contributed by atoms with van der Waals surface area (Å²) in [5.41, 5.74) is 1.33. The normalized spacial score (nSPS) is 11.8. The van der Waals surface area contributed by atoms with Crippen molar-refractivity contribution in [2.24, 2.45) is 7.05 Å². The van der Waals surface area contributed by atoms with Crippen LogP contribution < -0.4 is 10.1 Å². The predicted octanol–water partition coefficient (Wildman–Crippen LogP) is 4.40. The first kappa shape index (κ1) is 23.8. The molecule has 1 amide bonds. The van der Waals surface area contributed by atoms with Crippen LogP contribution in [0.5, 0.6) is 5.75 Å². The van der Waals surface area contributed by atoms with Gasteiger partial charge in [0.2, 0.25) is 5.91 Å². The van der Waals surface area contributed by atoms with Crippen LogP contribution in [0.4, 0.5) is 5.00 Å². The molecule has 0 aliphatic rings. The third kappa shape index (κ3) is 5.31. The van der Waals surface area contributed by atoms with Crippen molar-refractivity contribution in [2.45, 2.75) is 38.5 Å². The number of nitrogens with zero attached hydrogens (tertiary/aromatic N) is 3. The SMILES string of the molecule is CCc1c(C)sc(NC(=O)CSc2nnc(C(C)Oc3ccccc3)n2C)c1C(=O)OC. The van der Waals surface area contributed by atoms with Gasteiger partial charge in [0, 0.05) is 11.9 Å². The second-order valence-corrected chi connectivity index (χ2v) is 9.16. The zero-order valence-corrected chi connectivity index (χ0v) is 20.3. The van der Waals surface area contributed by atoms with E-state index in [0.717, 1.165) is 16.2 Å². The number of hydrogen-bond donors (Lipinski definition) is 1. The van der Waals surface area contributed by atoms with Gasteiger partial charge in [0.05, 0.1) is 18.4 Å². The molecule has 1 atom stereocenters. The van der Waals surface area contributed by atoms with Gasteiger partial charge in [-0.1, -0.05) is 36.9 Å². The number of hydrogen-bond acceptors (Lipinski definition) is 8. The molecule has 8 nitrogen and oxygen atoms in total. The number of esters is 1. The van der Waals surface area contributed by atoms with E-state index >= 15 is 0 Å². The molecule has 1 aromatic carbocycles. The van der Waals surface area contributed by atoms with Gasteiger partial charge in [0.25, 0.3) is 0 Å². The van der Waals surface area contributed by atoms with Crippen molar-refractivity contribution in [3.63, 3.8) is 0 Å². The fourth-order valence-corrected chi connectivity index (χ4v) is 5.13. The van der Waals surface area contributed by atoms with Crippen molar-refractivity contribution in [3.05, 3.63) is 52.2 Å². The van der Waals surface area contributed by atoms with Crippen LogP contribution in [0.2, 0.25) is 0 Å². The standard InChI is InChI=1S/C22H26N4O4S2/c1-6-16-14(3)32-20(18(16)21(28)29-5)23-17(27)12-31-22-25-24-19(26(22)4)13(2)30-15-10-8-7-9-11-15/h7-11,13H,6,12H2,1-5H3,(H,23,27). The smallest absolute Gasteiger partial charge is 0.341 e. The first-order valence-corrected chi connectivity index (χ1v) is 11.9. The van der Waals surface area contributed by atoms with E-state index in [9.17, 15) is 9.59 Å².